The first-order chi connectivity index (χ1) is 9.60. The lowest BCUT2D eigenvalue weighted by atomic mass is 10.0. The van der Waals surface area contributed by atoms with Gasteiger partial charge in [-0.05, 0) is 30.3 Å². The van der Waals surface area contributed by atoms with E-state index in [4.69, 9.17) is 13.9 Å². The smallest absolute Gasteiger partial charge is 0.339 e. The maximum Gasteiger partial charge on any atom is 0.339 e. The van der Waals surface area contributed by atoms with Crippen LogP contribution < -0.4 is 4.74 Å². The molecule has 0 spiro atoms. The molecule has 2 heterocycles. The van der Waals surface area contributed by atoms with E-state index >= 15 is 0 Å². The quantitative estimate of drug-likeness (QED) is 0.635. The lowest BCUT2D eigenvalue weighted by Crippen LogP contribution is -1.99. The van der Waals surface area contributed by atoms with Crippen LogP contribution >= 0.6 is 0 Å². The third-order valence-electron chi connectivity index (χ3n) is 3.22. The van der Waals surface area contributed by atoms with Crippen LogP contribution in [0.2, 0.25) is 0 Å². The maximum absolute atomic E-state index is 11.8. The average molecular weight is 272 g/mol. The van der Waals surface area contributed by atoms with Crippen molar-refractivity contribution in [1.82, 2.24) is 0 Å². The normalized spacial score (nSPS) is 16.7. The molecule has 0 radical (unpaired) electrons. The Kier molecular flexibility index (Phi) is 2.82. The molecule has 20 heavy (non-hydrogen) atoms. The Labute approximate surface area is 115 Å². The second-order valence-electron chi connectivity index (χ2n) is 4.50. The van der Waals surface area contributed by atoms with Crippen molar-refractivity contribution in [3.63, 3.8) is 0 Å². The highest BCUT2D eigenvalue weighted by Crippen LogP contribution is 2.38. The number of methoxy groups -OCH3 is 1. The molecule has 1 atom stereocenters. The summed E-state index contributed by atoms with van der Waals surface area (Å²) >= 11 is 0. The van der Waals surface area contributed by atoms with Gasteiger partial charge in [0.25, 0.3) is 0 Å². The van der Waals surface area contributed by atoms with Gasteiger partial charge in [-0.15, -0.1) is 0 Å². The zero-order valence-corrected chi connectivity index (χ0v) is 11.0. The Bertz CT molecular complexity index is 698. The number of carbonyl (C=O) groups is 2. The van der Waals surface area contributed by atoms with Gasteiger partial charge in [0.2, 0.25) is 0 Å². The zero-order chi connectivity index (χ0) is 14.3. The van der Waals surface area contributed by atoms with Gasteiger partial charge in [-0.1, -0.05) is 0 Å². The van der Waals surface area contributed by atoms with Crippen molar-refractivity contribution in [2.24, 2.45) is 0 Å². The number of carbonyl (C=O) groups excluding carboxylic acids is 2. The van der Waals surface area contributed by atoms with Crippen molar-refractivity contribution in [2.45, 2.75) is 13.0 Å². The molecule has 1 aliphatic rings. The number of rotatable bonds is 3. The molecule has 5 heteroatoms. The van der Waals surface area contributed by atoms with E-state index in [0.29, 0.717) is 22.6 Å². The van der Waals surface area contributed by atoms with Crippen LogP contribution in [0.1, 0.15) is 45.3 Å². The molecule has 5 nitrogen and oxygen atoms in total. The van der Waals surface area contributed by atoms with Crippen molar-refractivity contribution in [3.05, 3.63) is 53.0 Å². The lowest BCUT2D eigenvalue weighted by molar-refractivity contribution is 0.0419. The first-order valence-corrected chi connectivity index (χ1v) is 6.09. The minimum Gasteiger partial charge on any atom is -0.497 e. The molecule has 0 saturated carbocycles. The van der Waals surface area contributed by atoms with Crippen LogP contribution in [0.3, 0.4) is 0 Å². The minimum absolute atomic E-state index is 0.175. The summed E-state index contributed by atoms with van der Waals surface area (Å²) in [6.07, 6.45) is -0.638. The molecule has 1 aromatic carbocycles. The van der Waals surface area contributed by atoms with Crippen molar-refractivity contribution in [2.75, 3.05) is 7.11 Å². The van der Waals surface area contributed by atoms with Crippen LogP contribution in [0.4, 0.5) is 0 Å². The van der Waals surface area contributed by atoms with E-state index in [0.717, 1.165) is 0 Å². The van der Waals surface area contributed by atoms with E-state index in [1.165, 1.54) is 6.92 Å². The number of hydrogen-bond acceptors (Lipinski definition) is 5. The number of furan rings is 1. The second-order valence-corrected chi connectivity index (χ2v) is 4.50. The fourth-order valence-electron chi connectivity index (χ4n) is 2.20. The second kappa shape index (κ2) is 4.52. The Morgan fingerprint density at radius 3 is 2.70 bits per heavy atom. The average Bonchev–Trinajstić information content (AvgIpc) is 3.03. The van der Waals surface area contributed by atoms with Crippen molar-refractivity contribution in [3.8, 4) is 5.75 Å². The number of hydrogen-bond donors (Lipinski definition) is 0. The van der Waals surface area contributed by atoms with Crippen LogP contribution in [0.15, 0.2) is 34.7 Å². The lowest BCUT2D eigenvalue weighted by Gasteiger charge is -2.08. The summed E-state index contributed by atoms with van der Waals surface area (Å²) in [5.74, 6) is 0.716. The first kappa shape index (κ1) is 12.5. The summed E-state index contributed by atoms with van der Waals surface area (Å²) in [7, 11) is 1.55. The van der Waals surface area contributed by atoms with Crippen LogP contribution in [0, 0.1) is 0 Å². The summed E-state index contributed by atoms with van der Waals surface area (Å²) < 4.78 is 15.9. The van der Waals surface area contributed by atoms with E-state index in [1.807, 2.05) is 0 Å². The molecule has 2 aromatic rings. The van der Waals surface area contributed by atoms with Crippen LogP contribution in [-0.2, 0) is 4.74 Å². The monoisotopic (exact) mass is 272 g/mol. The van der Waals surface area contributed by atoms with Gasteiger partial charge >= 0.3 is 5.97 Å². The highest BCUT2D eigenvalue weighted by Gasteiger charge is 2.34. The van der Waals surface area contributed by atoms with Gasteiger partial charge in [0.1, 0.15) is 11.5 Å². The molecule has 0 saturated heterocycles. The molecule has 0 bridgehead atoms. The van der Waals surface area contributed by atoms with Gasteiger partial charge in [-0.3, -0.25) is 4.79 Å². The van der Waals surface area contributed by atoms with E-state index in [1.54, 1.807) is 37.4 Å². The van der Waals surface area contributed by atoms with Gasteiger partial charge in [0.05, 0.1) is 12.7 Å². The molecule has 0 aliphatic carbocycles. The Morgan fingerprint density at radius 1 is 1.25 bits per heavy atom. The number of benzene rings is 1. The molecule has 0 fully saturated rings. The van der Waals surface area contributed by atoms with Crippen molar-refractivity contribution in [1.29, 1.82) is 0 Å². The maximum atomic E-state index is 11.8. The fraction of sp³-hybridized carbons (Fsp3) is 0.200. The summed E-state index contributed by atoms with van der Waals surface area (Å²) in [4.78, 5) is 23.1. The summed E-state index contributed by atoms with van der Waals surface area (Å²) in [5, 5.41) is 0. The standard InChI is InChI=1S/C15H12O5/c1-8(16)12-5-6-13(19-12)14-11-7-9(18-2)3-4-10(11)15(17)20-14/h3-7,14H,1-2H3. The van der Waals surface area contributed by atoms with E-state index < -0.39 is 12.1 Å². The predicted molar refractivity (Wildman–Crippen MR) is 69.0 cm³/mol. The number of esters is 1. The molecular weight excluding hydrogens is 260 g/mol. The van der Waals surface area contributed by atoms with Crippen molar-refractivity contribution < 1.29 is 23.5 Å². The number of ketones is 1. The fourth-order valence-corrected chi connectivity index (χ4v) is 2.20. The minimum atomic E-state index is -0.638. The van der Waals surface area contributed by atoms with E-state index in [-0.39, 0.29) is 11.5 Å². The van der Waals surface area contributed by atoms with E-state index in [9.17, 15) is 9.59 Å². The highest BCUT2D eigenvalue weighted by molar-refractivity contribution is 5.95. The largest absolute Gasteiger partial charge is 0.497 e. The molecule has 1 aliphatic heterocycles. The summed E-state index contributed by atoms with van der Waals surface area (Å²) in [6.45, 7) is 1.42. The summed E-state index contributed by atoms with van der Waals surface area (Å²) in [5.41, 5.74) is 1.16. The number of fused-ring (bicyclic) bond motifs is 1. The van der Waals surface area contributed by atoms with Gasteiger partial charge < -0.3 is 13.9 Å². The zero-order valence-electron chi connectivity index (χ0n) is 11.0. The molecular formula is C15H12O5. The molecule has 102 valence electrons. The van der Waals surface area contributed by atoms with Crippen LogP contribution in [0.5, 0.6) is 5.75 Å². The van der Waals surface area contributed by atoms with Gasteiger partial charge in [0, 0.05) is 12.5 Å². The molecule has 1 unspecified atom stereocenters. The SMILES string of the molecule is COc1ccc2c(c1)C(c1ccc(C(C)=O)o1)OC2=O. The highest BCUT2D eigenvalue weighted by atomic mass is 16.6. The number of Topliss-reactive ketones (excluding diaryl/α,β-unsaturated/α-hetero) is 1. The third kappa shape index (κ3) is 1.87. The molecule has 0 N–H and O–H groups in total. The Morgan fingerprint density at radius 2 is 2.05 bits per heavy atom. The first-order valence-electron chi connectivity index (χ1n) is 6.09. The van der Waals surface area contributed by atoms with Crippen LogP contribution in [0.25, 0.3) is 0 Å². The molecule has 1 aromatic heterocycles. The number of cyclic esters (lactones) is 1. The molecule has 3 rings (SSSR count). The van der Waals surface area contributed by atoms with Crippen molar-refractivity contribution >= 4 is 11.8 Å². The predicted octanol–water partition coefficient (Wildman–Crippen LogP) is 2.75. The third-order valence-corrected chi connectivity index (χ3v) is 3.22. The Hall–Kier alpha value is -2.56. The van der Waals surface area contributed by atoms with Crippen LogP contribution in [-0.4, -0.2) is 18.9 Å². The van der Waals surface area contributed by atoms with E-state index in [2.05, 4.69) is 0 Å². The van der Waals surface area contributed by atoms with Gasteiger partial charge in [-0.25, -0.2) is 4.79 Å². The molecule has 0 amide bonds. The van der Waals surface area contributed by atoms with Gasteiger partial charge in [0.15, 0.2) is 17.6 Å². The number of ether oxygens (including phenoxy) is 2. The summed E-state index contributed by atoms with van der Waals surface area (Å²) in [6, 6.07) is 8.31. The Balaban J connectivity index is 2.04. The van der Waals surface area contributed by atoms with Gasteiger partial charge in [-0.2, -0.15) is 0 Å². The topological polar surface area (TPSA) is 65.7 Å².